The number of hydrogen-bond donors (Lipinski definition) is 1. The normalized spacial score (nSPS) is 16.0. The molecule has 0 unspecified atom stereocenters. The van der Waals surface area contributed by atoms with Crippen molar-refractivity contribution >= 4 is 16.9 Å². The van der Waals surface area contributed by atoms with Crippen LogP contribution in [0, 0.1) is 5.82 Å². The number of aromatic nitrogens is 2. The van der Waals surface area contributed by atoms with Gasteiger partial charge in [0.05, 0.1) is 16.4 Å². The fourth-order valence-corrected chi connectivity index (χ4v) is 3.23. The van der Waals surface area contributed by atoms with E-state index in [0.717, 1.165) is 35.9 Å². The van der Waals surface area contributed by atoms with Crippen molar-refractivity contribution in [3.05, 3.63) is 66.2 Å². The van der Waals surface area contributed by atoms with Gasteiger partial charge in [0.1, 0.15) is 12.1 Å². The van der Waals surface area contributed by atoms with Gasteiger partial charge in [-0.1, -0.05) is 30.7 Å². The Labute approximate surface area is 132 Å². The van der Waals surface area contributed by atoms with E-state index >= 15 is 0 Å². The Hall–Kier alpha value is -2.69. The minimum Gasteiger partial charge on any atom is -0.272 e. The van der Waals surface area contributed by atoms with E-state index in [2.05, 4.69) is 10.4 Å². The van der Waals surface area contributed by atoms with Crippen molar-refractivity contribution in [3.8, 4) is 0 Å². The van der Waals surface area contributed by atoms with Gasteiger partial charge in [0, 0.05) is 0 Å². The molecule has 1 aliphatic carbocycles. The number of carbonyl (C=O) groups is 1. The number of nitrogens with zero attached hydrogens (tertiary/aromatic N) is 2. The predicted octanol–water partition coefficient (Wildman–Crippen LogP) is 3.37. The highest BCUT2D eigenvalue weighted by atomic mass is 19.1. The number of para-hydroxylation sites is 2. The van der Waals surface area contributed by atoms with Gasteiger partial charge < -0.3 is 0 Å². The number of carbonyl (C=O) groups excluding carboxylic acids is 1. The highest BCUT2D eigenvalue weighted by molar-refractivity contribution is 5.96. The summed E-state index contributed by atoms with van der Waals surface area (Å²) in [5, 5.41) is 0. The van der Waals surface area contributed by atoms with Crippen LogP contribution >= 0.6 is 0 Å². The molecular weight excluding hydrogens is 293 g/mol. The highest BCUT2D eigenvalue weighted by Crippen LogP contribution is 2.44. The Bertz CT molecular complexity index is 883. The van der Waals surface area contributed by atoms with Crippen LogP contribution in [0.15, 0.2) is 54.9 Å². The first-order valence-electron chi connectivity index (χ1n) is 7.69. The monoisotopic (exact) mass is 309 g/mol. The fraction of sp³-hybridized carbons (Fsp3) is 0.222. The molecule has 0 radical (unpaired) electrons. The molecule has 1 N–H and O–H groups in total. The molecule has 1 saturated carbocycles. The number of nitrogens with one attached hydrogen (secondary N) is 1. The zero-order chi connectivity index (χ0) is 15.9. The summed E-state index contributed by atoms with van der Waals surface area (Å²) < 4.78 is 15.2. The lowest BCUT2D eigenvalue weighted by atomic mass is 9.64. The molecule has 2 aromatic carbocycles. The lowest BCUT2D eigenvalue weighted by Crippen LogP contribution is -2.48. The van der Waals surface area contributed by atoms with E-state index in [-0.39, 0.29) is 11.7 Å². The number of amides is 1. The number of hydrogen-bond acceptors (Lipinski definition) is 2. The number of benzene rings is 2. The molecule has 3 aromatic rings. The van der Waals surface area contributed by atoms with Gasteiger partial charge in [-0.15, -0.1) is 0 Å². The lowest BCUT2D eigenvalue weighted by Gasteiger charge is -2.40. The summed E-state index contributed by atoms with van der Waals surface area (Å²) in [6.07, 6.45) is 4.03. The van der Waals surface area contributed by atoms with Crippen LogP contribution in [0.5, 0.6) is 0 Å². The average Bonchev–Trinajstić information content (AvgIpc) is 2.90. The van der Waals surface area contributed by atoms with Crippen molar-refractivity contribution in [1.82, 2.24) is 9.66 Å². The first-order chi connectivity index (χ1) is 11.2. The molecule has 0 atom stereocenters. The van der Waals surface area contributed by atoms with E-state index in [1.807, 2.05) is 30.3 Å². The van der Waals surface area contributed by atoms with Gasteiger partial charge in [-0.2, -0.15) is 0 Å². The molecule has 1 amide bonds. The molecule has 0 bridgehead atoms. The maximum Gasteiger partial charge on any atom is 0.249 e. The SMILES string of the molecule is O=C(Nn1cnc2ccccc21)C1(c2cccc(F)c2)CCC1. The zero-order valence-electron chi connectivity index (χ0n) is 12.5. The molecule has 116 valence electrons. The topological polar surface area (TPSA) is 46.9 Å². The minimum absolute atomic E-state index is 0.113. The van der Waals surface area contributed by atoms with Gasteiger partial charge in [0.2, 0.25) is 5.91 Å². The van der Waals surface area contributed by atoms with Crippen molar-refractivity contribution in [2.24, 2.45) is 0 Å². The van der Waals surface area contributed by atoms with Crippen molar-refractivity contribution in [1.29, 1.82) is 0 Å². The van der Waals surface area contributed by atoms with Crippen LogP contribution in [0.2, 0.25) is 0 Å². The van der Waals surface area contributed by atoms with E-state index in [1.54, 1.807) is 17.1 Å². The van der Waals surface area contributed by atoms with Gasteiger partial charge in [0.15, 0.2) is 0 Å². The third-order valence-corrected chi connectivity index (χ3v) is 4.69. The molecule has 4 nitrogen and oxygen atoms in total. The Morgan fingerprint density at radius 1 is 1.17 bits per heavy atom. The van der Waals surface area contributed by atoms with Gasteiger partial charge in [-0.05, 0) is 42.7 Å². The minimum atomic E-state index is -0.645. The maximum atomic E-state index is 13.6. The van der Waals surface area contributed by atoms with Gasteiger partial charge in [-0.3, -0.25) is 10.2 Å². The van der Waals surface area contributed by atoms with Gasteiger partial charge >= 0.3 is 0 Å². The van der Waals surface area contributed by atoms with Crippen LogP contribution in [0.4, 0.5) is 4.39 Å². The number of fused-ring (bicyclic) bond motifs is 1. The van der Waals surface area contributed by atoms with Crippen LogP contribution in [0.25, 0.3) is 11.0 Å². The zero-order valence-corrected chi connectivity index (χ0v) is 12.5. The first-order valence-corrected chi connectivity index (χ1v) is 7.69. The molecule has 5 heteroatoms. The number of imidazole rings is 1. The summed E-state index contributed by atoms with van der Waals surface area (Å²) in [5.41, 5.74) is 4.68. The second-order valence-electron chi connectivity index (χ2n) is 5.99. The third-order valence-electron chi connectivity index (χ3n) is 4.69. The molecular formula is C18H16FN3O. The molecule has 23 heavy (non-hydrogen) atoms. The molecule has 0 aliphatic heterocycles. The largest absolute Gasteiger partial charge is 0.272 e. The average molecular weight is 309 g/mol. The van der Waals surface area contributed by atoms with Crippen LogP contribution in [-0.4, -0.2) is 15.6 Å². The number of halogens is 1. The van der Waals surface area contributed by atoms with Crippen molar-refractivity contribution in [2.75, 3.05) is 5.43 Å². The smallest absolute Gasteiger partial charge is 0.249 e. The van der Waals surface area contributed by atoms with Crippen molar-refractivity contribution in [3.63, 3.8) is 0 Å². The van der Waals surface area contributed by atoms with E-state index in [0.29, 0.717) is 0 Å². The molecule has 1 heterocycles. The standard InChI is InChI=1S/C18H16FN3O/c19-14-6-3-5-13(11-14)18(9-4-10-18)17(23)21-22-12-20-15-7-1-2-8-16(15)22/h1-3,5-8,11-12H,4,9-10H2,(H,21,23). The molecule has 0 spiro atoms. The summed E-state index contributed by atoms with van der Waals surface area (Å²) in [6, 6.07) is 13.9. The summed E-state index contributed by atoms with van der Waals surface area (Å²) in [4.78, 5) is 17.2. The quantitative estimate of drug-likeness (QED) is 0.806. The molecule has 1 aromatic heterocycles. The van der Waals surface area contributed by atoms with Gasteiger partial charge in [-0.25, -0.2) is 14.1 Å². The van der Waals surface area contributed by atoms with Crippen molar-refractivity contribution in [2.45, 2.75) is 24.7 Å². The summed E-state index contributed by atoms with van der Waals surface area (Å²) >= 11 is 0. The Balaban J connectivity index is 1.67. The summed E-state index contributed by atoms with van der Waals surface area (Å²) in [7, 11) is 0. The molecule has 0 saturated heterocycles. The fourth-order valence-electron chi connectivity index (χ4n) is 3.23. The molecule has 4 rings (SSSR count). The van der Waals surface area contributed by atoms with Crippen LogP contribution in [0.3, 0.4) is 0 Å². The summed E-state index contributed by atoms with van der Waals surface area (Å²) in [6.45, 7) is 0. The van der Waals surface area contributed by atoms with Crippen LogP contribution in [0.1, 0.15) is 24.8 Å². The van der Waals surface area contributed by atoms with E-state index in [9.17, 15) is 9.18 Å². The predicted molar refractivity (Wildman–Crippen MR) is 86.0 cm³/mol. The van der Waals surface area contributed by atoms with E-state index in [1.165, 1.54) is 12.1 Å². The Morgan fingerprint density at radius 2 is 2.00 bits per heavy atom. The lowest BCUT2D eigenvalue weighted by molar-refractivity contribution is -0.125. The second-order valence-corrected chi connectivity index (χ2v) is 5.99. The Morgan fingerprint density at radius 3 is 2.74 bits per heavy atom. The van der Waals surface area contributed by atoms with Crippen LogP contribution < -0.4 is 5.43 Å². The Kier molecular flexibility index (Phi) is 3.15. The van der Waals surface area contributed by atoms with Crippen LogP contribution in [-0.2, 0) is 10.2 Å². The molecule has 1 fully saturated rings. The van der Waals surface area contributed by atoms with E-state index in [4.69, 9.17) is 0 Å². The molecule has 1 aliphatic rings. The van der Waals surface area contributed by atoms with Crippen molar-refractivity contribution < 1.29 is 9.18 Å². The summed E-state index contributed by atoms with van der Waals surface area (Å²) in [5.74, 6) is -0.424. The highest BCUT2D eigenvalue weighted by Gasteiger charge is 2.46. The number of rotatable bonds is 3. The second kappa shape index (κ2) is 5.19. The maximum absolute atomic E-state index is 13.6. The first kappa shape index (κ1) is 13.9. The third kappa shape index (κ3) is 2.20. The van der Waals surface area contributed by atoms with Gasteiger partial charge in [0.25, 0.3) is 0 Å². The van der Waals surface area contributed by atoms with E-state index < -0.39 is 5.41 Å².